The smallest absolute Gasteiger partial charge is 0.227 e. The van der Waals surface area contributed by atoms with Crippen LogP contribution in [-0.4, -0.2) is 30.1 Å². The molecule has 1 aromatic carbocycles. The largest absolute Gasteiger partial charge is 0.381 e. The van der Waals surface area contributed by atoms with Crippen molar-refractivity contribution in [3.63, 3.8) is 0 Å². The summed E-state index contributed by atoms with van der Waals surface area (Å²) >= 11 is 0. The van der Waals surface area contributed by atoms with Gasteiger partial charge in [0.25, 0.3) is 0 Å². The summed E-state index contributed by atoms with van der Waals surface area (Å²) in [6.07, 6.45) is 4.36. The minimum absolute atomic E-state index is 0.0407. The third-order valence-electron chi connectivity index (χ3n) is 5.06. The molecule has 0 bridgehead atoms. The molecule has 25 heavy (non-hydrogen) atoms. The van der Waals surface area contributed by atoms with E-state index in [0.717, 1.165) is 30.8 Å². The number of carbonyl (C=O) groups excluding carboxylic acids is 1. The van der Waals surface area contributed by atoms with Crippen LogP contribution in [-0.2, 0) is 16.0 Å². The molecular formula is C20H23N3O2. The van der Waals surface area contributed by atoms with Gasteiger partial charge in [0.2, 0.25) is 5.91 Å². The highest BCUT2D eigenvalue weighted by Gasteiger charge is 2.27. The molecule has 0 radical (unpaired) electrons. The molecule has 5 heteroatoms. The summed E-state index contributed by atoms with van der Waals surface area (Å²) in [6.45, 7) is 3.55. The SMILES string of the molecule is CC1Cc2ccccc2N1c1ccc(NC(=O)C2CCOCC2)cn1. The molecule has 1 unspecified atom stereocenters. The number of para-hydroxylation sites is 1. The lowest BCUT2D eigenvalue weighted by atomic mass is 9.99. The summed E-state index contributed by atoms with van der Waals surface area (Å²) in [4.78, 5) is 19.2. The fraction of sp³-hybridized carbons (Fsp3) is 0.400. The van der Waals surface area contributed by atoms with Crippen LogP contribution < -0.4 is 10.2 Å². The first-order valence-electron chi connectivity index (χ1n) is 8.94. The Hall–Kier alpha value is -2.40. The second-order valence-corrected chi connectivity index (χ2v) is 6.83. The topological polar surface area (TPSA) is 54.5 Å². The maximum Gasteiger partial charge on any atom is 0.227 e. The summed E-state index contributed by atoms with van der Waals surface area (Å²) in [6, 6.07) is 12.8. The van der Waals surface area contributed by atoms with Gasteiger partial charge in [-0.3, -0.25) is 4.79 Å². The van der Waals surface area contributed by atoms with Crippen molar-refractivity contribution in [2.45, 2.75) is 32.2 Å². The van der Waals surface area contributed by atoms with E-state index in [1.54, 1.807) is 6.20 Å². The lowest BCUT2D eigenvalue weighted by Crippen LogP contribution is -2.28. The molecule has 4 rings (SSSR count). The molecule has 0 aliphatic carbocycles. The first-order valence-corrected chi connectivity index (χ1v) is 8.94. The van der Waals surface area contributed by atoms with Crippen LogP contribution in [0, 0.1) is 5.92 Å². The average Bonchev–Trinajstić information content (AvgIpc) is 2.99. The maximum atomic E-state index is 12.3. The van der Waals surface area contributed by atoms with Crippen molar-refractivity contribution in [2.24, 2.45) is 5.92 Å². The number of benzene rings is 1. The van der Waals surface area contributed by atoms with E-state index < -0.39 is 0 Å². The van der Waals surface area contributed by atoms with Gasteiger partial charge < -0.3 is 15.0 Å². The van der Waals surface area contributed by atoms with Crippen molar-refractivity contribution in [1.82, 2.24) is 4.98 Å². The highest BCUT2D eigenvalue weighted by Crippen LogP contribution is 2.37. The number of fused-ring (bicyclic) bond motifs is 1. The standard InChI is InChI=1S/C20H23N3O2/c1-14-12-16-4-2-3-5-18(16)23(14)19-7-6-17(13-21-19)22-20(24)15-8-10-25-11-9-15/h2-7,13-15H,8-12H2,1H3,(H,22,24). The molecule has 1 aromatic heterocycles. The van der Waals surface area contributed by atoms with Gasteiger partial charge in [0, 0.05) is 30.9 Å². The van der Waals surface area contributed by atoms with Gasteiger partial charge in [0.1, 0.15) is 5.82 Å². The van der Waals surface area contributed by atoms with Crippen LogP contribution in [0.25, 0.3) is 0 Å². The lowest BCUT2D eigenvalue weighted by Gasteiger charge is -2.24. The second-order valence-electron chi connectivity index (χ2n) is 6.83. The lowest BCUT2D eigenvalue weighted by molar-refractivity contribution is -0.122. The van der Waals surface area contributed by atoms with Crippen molar-refractivity contribution in [1.29, 1.82) is 0 Å². The van der Waals surface area contributed by atoms with Gasteiger partial charge in [-0.05, 0) is 49.9 Å². The van der Waals surface area contributed by atoms with Crippen LogP contribution in [0.2, 0.25) is 0 Å². The highest BCUT2D eigenvalue weighted by atomic mass is 16.5. The van der Waals surface area contributed by atoms with E-state index in [0.29, 0.717) is 19.3 Å². The molecule has 1 atom stereocenters. The summed E-state index contributed by atoms with van der Waals surface area (Å²) in [5.74, 6) is 1.03. The molecule has 1 N–H and O–H groups in total. The van der Waals surface area contributed by atoms with Crippen LogP contribution in [0.5, 0.6) is 0 Å². The minimum atomic E-state index is 0.0407. The predicted octanol–water partition coefficient (Wildman–Crippen LogP) is 3.53. The summed E-state index contributed by atoms with van der Waals surface area (Å²) < 4.78 is 5.31. The van der Waals surface area contributed by atoms with Crippen LogP contribution in [0.3, 0.4) is 0 Å². The molecule has 3 heterocycles. The van der Waals surface area contributed by atoms with Gasteiger partial charge >= 0.3 is 0 Å². The molecule has 1 saturated heterocycles. The maximum absolute atomic E-state index is 12.3. The van der Waals surface area contributed by atoms with Crippen molar-refractivity contribution >= 4 is 23.1 Å². The van der Waals surface area contributed by atoms with Crippen molar-refractivity contribution in [3.05, 3.63) is 48.2 Å². The molecule has 1 amide bonds. The van der Waals surface area contributed by atoms with Crippen LogP contribution in [0.15, 0.2) is 42.6 Å². The van der Waals surface area contributed by atoms with E-state index in [4.69, 9.17) is 4.74 Å². The molecule has 2 aliphatic rings. The first kappa shape index (κ1) is 16.1. The highest BCUT2D eigenvalue weighted by molar-refractivity contribution is 5.92. The quantitative estimate of drug-likeness (QED) is 0.931. The first-order chi connectivity index (χ1) is 12.2. The zero-order chi connectivity index (χ0) is 17.2. The van der Waals surface area contributed by atoms with Crippen molar-refractivity contribution < 1.29 is 9.53 Å². The van der Waals surface area contributed by atoms with E-state index in [2.05, 4.69) is 46.4 Å². The Morgan fingerprint density at radius 3 is 2.76 bits per heavy atom. The number of rotatable bonds is 3. The molecule has 2 aliphatic heterocycles. The van der Waals surface area contributed by atoms with Gasteiger partial charge in [-0.15, -0.1) is 0 Å². The van der Waals surface area contributed by atoms with Crippen LogP contribution in [0.1, 0.15) is 25.3 Å². The monoisotopic (exact) mass is 337 g/mol. The Kier molecular flexibility index (Phi) is 4.40. The number of hydrogen-bond donors (Lipinski definition) is 1. The number of hydrogen-bond acceptors (Lipinski definition) is 4. The number of anilines is 3. The third-order valence-corrected chi connectivity index (χ3v) is 5.06. The Bertz CT molecular complexity index is 754. The van der Waals surface area contributed by atoms with E-state index in [1.165, 1.54) is 11.3 Å². The molecular weight excluding hydrogens is 314 g/mol. The van der Waals surface area contributed by atoms with Gasteiger partial charge in [0.15, 0.2) is 0 Å². The summed E-state index contributed by atoms with van der Waals surface area (Å²) in [7, 11) is 0. The number of aromatic nitrogens is 1. The molecule has 5 nitrogen and oxygen atoms in total. The number of ether oxygens (including phenoxy) is 1. The average molecular weight is 337 g/mol. The number of nitrogens with zero attached hydrogens (tertiary/aromatic N) is 2. The Morgan fingerprint density at radius 2 is 2.00 bits per heavy atom. The Balaban J connectivity index is 1.48. The zero-order valence-corrected chi connectivity index (χ0v) is 14.4. The fourth-order valence-electron chi connectivity index (χ4n) is 3.72. The second kappa shape index (κ2) is 6.84. The predicted molar refractivity (Wildman–Crippen MR) is 98.2 cm³/mol. The number of nitrogens with one attached hydrogen (secondary N) is 1. The Morgan fingerprint density at radius 1 is 1.20 bits per heavy atom. The van der Waals surface area contributed by atoms with Gasteiger partial charge in [-0.2, -0.15) is 0 Å². The van der Waals surface area contributed by atoms with Gasteiger partial charge in [0.05, 0.1) is 11.9 Å². The van der Waals surface area contributed by atoms with E-state index in [9.17, 15) is 4.79 Å². The van der Waals surface area contributed by atoms with Crippen molar-refractivity contribution in [2.75, 3.05) is 23.4 Å². The number of carbonyl (C=O) groups is 1. The normalized spacial score (nSPS) is 20.4. The Labute approximate surface area is 148 Å². The van der Waals surface area contributed by atoms with Crippen LogP contribution >= 0.6 is 0 Å². The van der Waals surface area contributed by atoms with E-state index >= 15 is 0 Å². The summed E-state index contributed by atoms with van der Waals surface area (Å²) in [5.41, 5.74) is 3.33. The van der Waals surface area contributed by atoms with Gasteiger partial charge in [-0.1, -0.05) is 18.2 Å². The van der Waals surface area contributed by atoms with E-state index in [-0.39, 0.29) is 11.8 Å². The molecule has 0 saturated carbocycles. The summed E-state index contributed by atoms with van der Waals surface area (Å²) in [5, 5.41) is 2.98. The third kappa shape index (κ3) is 3.24. The number of pyridine rings is 1. The van der Waals surface area contributed by atoms with Crippen LogP contribution in [0.4, 0.5) is 17.2 Å². The molecule has 1 fully saturated rings. The van der Waals surface area contributed by atoms with Crippen molar-refractivity contribution in [3.8, 4) is 0 Å². The zero-order valence-electron chi connectivity index (χ0n) is 14.4. The van der Waals surface area contributed by atoms with E-state index in [1.807, 2.05) is 12.1 Å². The molecule has 2 aromatic rings. The molecule has 130 valence electrons. The minimum Gasteiger partial charge on any atom is -0.381 e. The molecule has 0 spiro atoms. The fourth-order valence-corrected chi connectivity index (χ4v) is 3.72. The number of amides is 1. The van der Waals surface area contributed by atoms with Gasteiger partial charge in [-0.25, -0.2) is 4.98 Å².